The highest BCUT2D eigenvalue weighted by molar-refractivity contribution is 5.95. The fraction of sp³-hybridized carbons (Fsp3) is 0.176. The molecule has 0 spiro atoms. The molecule has 0 aliphatic rings. The van der Waals surface area contributed by atoms with E-state index in [9.17, 15) is 4.79 Å². The van der Waals surface area contributed by atoms with Crippen molar-refractivity contribution in [3.8, 4) is 17.6 Å². The summed E-state index contributed by atoms with van der Waals surface area (Å²) in [5.41, 5.74) is 2.25. The van der Waals surface area contributed by atoms with Gasteiger partial charge in [0.15, 0.2) is 11.5 Å². The van der Waals surface area contributed by atoms with Crippen LogP contribution in [0, 0.1) is 11.3 Å². The van der Waals surface area contributed by atoms with E-state index in [0.29, 0.717) is 28.9 Å². The number of rotatable bonds is 4. The van der Waals surface area contributed by atoms with Gasteiger partial charge >= 0.3 is 5.97 Å². The van der Waals surface area contributed by atoms with Gasteiger partial charge in [0.1, 0.15) is 5.52 Å². The van der Waals surface area contributed by atoms with E-state index in [1.807, 2.05) is 13.0 Å². The minimum absolute atomic E-state index is 0.249. The fourth-order valence-electron chi connectivity index (χ4n) is 2.31. The van der Waals surface area contributed by atoms with Crippen molar-refractivity contribution in [1.82, 2.24) is 15.0 Å². The third-order valence-corrected chi connectivity index (χ3v) is 3.54. The number of esters is 1. The molecule has 0 saturated carbocycles. The topological polar surface area (TPSA) is 90.0 Å². The smallest absolute Gasteiger partial charge is 0.343 e. The summed E-state index contributed by atoms with van der Waals surface area (Å²) in [5.74, 6) is 0.0326. The van der Waals surface area contributed by atoms with E-state index in [0.717, 1.165) is 5.52 Å². The van der Waals surface area contributed by atoms with Gasteiger partial charge in [0.25, 0.3) is 0 Å². The van der Waals surface area contributed by atoms with Gasteiger partial charge < -0.3 is 9.47 Å². The van der Waals surface area contributed by atoms with Gasteiger partial charge in [-0.05, 0) is 37.3 Å². The van der Waals surface area contributed by atoms with Crippen LogP contribution < -0.4 is 9.47 Å². The molecule has 1 aromatic heterocycles. The summed E-state index contributed by atoms with van der Waals surface area (Å²) in [6.07, 6.45) is 0. The van der Waals surface area contributed by atoms with Crippen molar-refractivity contribution in [1.29, 1.82) is 5.26 Å². The third kappa shape index (κ3) is 2.77. The Balaban J connectivity index is 1.89. The van der Waals surface area contributed by atoms with E-state index in [1.54, 1.807) is 28.9 Å². The average Bonchev–Trinajstić information content (AvgIpc) is 3.04. The van der Waals surface area contributed by atoms with Crippen LogP contribution in [0.3, 0.4) is 0 Å². The fourth-order valence-corrected chi connectivity index (χ4v) is 2.31. The molecule has 0 aliphatic carbocycles. The predicted molar refractivity (Wildman–Crippen MR) is 85.9 cm³/mol. The standard InChI is InChI=1S/C17H14N4O3/c1-3-21-14-6-5-12(9-13(14)19-20-21)17(22)24-15-7-4-11(10-18)8-16(15)23-2/h4-9H,3H2,1-2H3. The summed E-state index contributed by atoms with van der Waals surface area (Å²) in [5, 5.41) is 17.0. The maximum absolute atomic E-state index is 12.4. The Morgan fingerprint density at radius 2 is 2.08 bits per heavy atom. The Morgan fingerprint density at radius 1 is 1.25 bits per heavy atom. The highest BCUT2D eigenvalue weighted by atomic mass is 16.6. The van der Waals surface area contributed by atoms with Crippen LogP contribution >= 0.6 is 0 Å². The molecule has 0 bridgehead atoms. The summed E-state index contributed by atoms with van der Waals surface area (Å²) in [4.78, 5) is 12.4. The Labute approximate surface area is 138 Å². The highest BCUT2D eigenvalue weighted by Gasteiger charge is 2.15. The van der Waals surface area contributed by atoms with Crippen LogP contribution in [0.2, 0.25) is 0 Å². The molecule has 0 N–H and O–H groups in total. The Morgan fingerprint density at radius 3 is 2.79 bits per heavy atom. The number of aryl methyl sites for hydroxylation is 1. The van der Waals surface area contributed by atoms with E-state index in [2.05, 4.69) is 10.3 Å². The summed E-state index contributed by atoms with van der Waals surface area (Å²) >= 11 is 0. The minimum Gasteiger partial charge on any atom is -0.493 e. The molecule has 3 rings (SSSR count). The maximum Gasteiger partial charge on any atom is 0.343 e. The Hall–Kier alpha value is -3.40. The van der Waals surface area contributed by atoms with Crippen molar-refractivity contribution in [3.63, 3.8) is 0 Å². The number of hydrogen-bond acceptors (Lipinski definition) is 6. The second-order valence-electron chi connectivity index (χ2n) is 4.98. The summed E-state index contributed by atoms with van der Waals surface area (Å²) in [7, 11) is 1.45. The lowest BCUT2D eigenvalue weighted by atomic mass is 10.2. The first-order valence-electron chi connectivity index (χ1n) is 7.29. The van der Waals surface area contributed by atoms with Gasteiger partial charge in [0, 0.05) is 12.6 Å². The number of nitrogens with zero attached hydrogens (tertiary/aromatic N) is 4. The zero-order chi connectivity index (χ0) is 17.1. The van der Waals surface area contributed by atoms with Crippen molar-refractivity contribution < 1.29 is 14.3 Å². The number of hydrogen-bond donors (Lipinski definition) is 0. The molecular weight excluding hydrogens is 308 g/mol. The van der Waals surface area contributed by atoms with Crippen LogP contribution in [0.5, 0.6) is 11.5 Å². The molecule has 120 valence electrons. The van der Waals surface area contributed by atoms with Crippen LogP contribution in [0.15, 0.2) is 36.4 Å². The number of ether oxygens (including phenoxy) is 2. The highest BCUT2D eigenvalue weighted by Crippen LogP contribution is 2.28. The monoisotopic (exact) mass is 322 g/mol. The largest absolute Gasteiger partial charge is 0.493 e. The first-order valence-corrected chi connectivity index (χ1v) is 7.29. The molecule has 0 saturated heterocycles. The van der Waals surface area contributed by atoms with Crippen LogP contribution in [-0.2, 0) is 6.54 Å². The molecule has 0 amide bonds. The molecule has 2 aromatic carbocycles. The number of methoxy groups -OCH3 is 1. The molecule has 0 aliphatic heterocycles. The van der Waals surface area contributed by atoms with Gasteiger partial charge in [0.2, 0.25) is 0 Å². The van der Waals surface area contributed by atoms with E-state index >= 15 is 0 Å². The normalized spacial score (nSPS) is 10.4. The van der Waals surface area contributed by atoms with Crippen LogP contribution in [0.4, 0.5) is 0 Å². The van der Waals surface area contributed by atoms with Gasteiger partial charge in [0.05, 0.1) is 29.8 Å². The molecule has 7 nitrogen and oxygen atoms in total. The molecule has 24 heavy (non-hydrogen) atoms. The van der Waals surface area contributed by atoms with Gasteiger partial charge in [-0.25, -0.2) is 9.48 Å². The number of fused-ring (bicyclic) bond motifs is 1. The van der Waals surface area contributed by atoms with Gasteiger partial charge in [-0.3, -0.25) is 0 Å². The number of aromatic nitrogens is 3. The second kappa shape index (κ2) is 6.38. The molecule has 0 radical (unpaired) electrons. The van der Waals surface area contributed by atoms with Gasteiger partial charge in [-0.2, -0.15) is 5.26 Å². The quantitative estimate of drug-likeness (QED) is 0.541. The van der Waals surface area contributed by atoms with Crippen LogP contribution in [-0.4, -0.2) is 28.1 Å². The number of carbonyl (C=O) groups is 1. The maximum atomic E-state index is 12.4. The van der Waals surface area contributed by atoms with E-state index in [1.165, 1.54) is 19.2 Å². The molecular formula is C17H14N4O3. The summed E-state index contributed by atoms with van der Waals surface area (Å²) in [6, 6.07) is 11.7. The second-order valence-corrected chi connectivity index (χ2v) is 4.98. The van der Waals surface area contributed by atoms with Crippen molar-refractivity contribution in [2.45, 2.75) is 13.5 Å². The van der Waals surface area contributed by atoms with Crippen LogP contribution in [0.1, 0.15) is 22.8 Å². The zero-order valence-corrected chi connectivity index (χ0v) is 13.2. The van der Waals surface area contributed by atoms with Crippen molar-refractivity contribution >= 4 is 17.0 Å². The first kappa shape index (κ1) is 15.5. The van der Waals surface area contributed by atoms with Crippen molar-refractivity contribution in [3.05, 3.63) is 47.5 Å². The first-order chi connectivity index (χ1) is 11.7. The molecule has 0 fully saturated rings. The Bertz CT molecular complexity index is 956. The average molecular weight is 322 g/mol. The Kier molecular flexibility index (Phi) is 4.12. The van der Waals surface area contributed by atoms with E-state index < -0.39 is 5.97 Å². The van der Waals surface area contributed by atoms with E-state index in [4.69, 9.17) is 14.7 Å². The SMILES string of the molecule is CCn1nnc2cc(C(=O)Oc3ccc(C#N)cc3OC)ccc21. The minimum atomic E-state index is -0.536. The summed E-state index contributed by atoms with van der Waals surface area (Å²) < 4.78 is 12.3. The lowest BCUT2D eigenvalue weighted by Crippen LogP contribution is -2.09. The van der Waals surface area contributed by atoms with Crippen molar-refractivity contribution in [2.24, 2.45) is 0 Å². The number of nitriles is 1. The molecule has 0 atom stereocenters. The van der Waals surface area contributed by atoms with E-state index in [-0.39, 0.29) is 5.75 Å². The number of carbonyl (C=O) groups excluding carboxylic acids is 1. The van der Waals surface area contributed by atoms with Gasteiger partial charge in [-0.15, -0.1) is 5.10 Å². The predicted octanol–water partition coefficient (Wildman–Crippen LogP) is 2.55. The molecule has 0 unspecified atom stereocenters. The lowest BCUT2D eigenvalue weighted by Gasteiger charge is -2.09. The number of benzene rings is 2. The third-order valence-electron chi connectivity index (χ3n) is 3.54. The molecule has 3 aromatic rings. The van der Waals surface area contributed by atoms with Crippen LogP contribution in [0.25, 0.3) is 11.0 Å². The zero-order valence-electron chi connectivity index (χ0n) is 13.2. The molecule has 1 heterocycles. The lowest BCUT2D eigenvalue weighted by molar-refractivity contribution is 0.0730. The summed E-state index contributed by atoms with van der Waals surface area (Å²) in [6.45, 7) is 2.66. The van der Waals surface area contributed by atoms with Crippen molar-refractivity contribution in [2.75, 3.05) is 7.11 Å². The van der Waals surface area contributed by atoms with Gasteiger partial charge in [-0.1, -0.05) is 5.21 Å². The molecule has 7 heteroatoms.